The van der Waals surface area contributed by atoms with E-state index < -0.39 is 0 Å². The monoisotopic (exact) mass is 274 g/mol. The van der Waals surface area contributed by atoms with Crippen molar-refractivity contribution in [3.8, 4) is 5.75 Å². The van der Waals surface area contributed by atoms with Crippen molar-refractivity contribution in [3.05, 3.63) is 53.3 Å². The Labute approximate surface area is 113 Å². The highest BCUT2D eigenvalue weighted by molar-refractivity contribution is 7.18. The molecule has 0 amide bonds. The molecule has 0 unspecified atom stereocenters. The maximum Gasteiger partial charge on any atom is 0.124 e. The third kappa shape index (κ3) is 2.66. The molecule has 0 saturated heterocycles. The first-order valence-corrected chi connectivity index (χ1v) is 6.60. The molecule has 3 nitrogen and oxygen atoms in total. The Morgan fingerprint density at radius 3 is 2.74 bits per heavy atom. The molecule has 2 aromatic carbocycles. The molecule has 96 valence electrons. The number of phenolic OH excluding ortho intramolecular Hbond substituents is 1. The molecule has 2 N–H and O–H groups in total. The number of rotatable bonds is 3. The predicted octanol–water partition coefficient (Wildman–Crippen LogP) is 3.75. The number of hydrogen-bond donors (Lipinski definition) is 2. The first-order chi connectivity index (χ1) is 9.20. The van der Waals surface area contributed by atoms with Crippen LogP contribution in [0.25, 0.3) is 10.2 Å². The van der Waals surface area contributed by atoms with Gasteiger partial charge in [-0.3, -0.25) is 0 Å². The van der Waals surface area contributed by atoms with E-state index in [1.54, 1.807) is 30.3 Å². The summed E-state index contributed by atoms with van der Waals surface area (Å²) < 4.78 is 13.9. The number of phenols is 1. The molecule has 0 saturated carbocycles. The number of aromatic hydroxyl groups is 1. The average molecular weight is 274 g/mol. The second-order valence-electron chi connectivity index (χ2n) is 4.12. The molecule has 0 aliphatic heterocycles. The van der Waals surface area contributed by atoms with Crippen LogP contribution >= 0.6 is 11.3 Å². The fourth-order valence-electron chi connectivity index (χ4n) is 1.78. The van der Waals surface area contributed by atoms with E-state index in [1.807, 2.05) is 0 Å². The minimum atomic E-state index is -0.241. The number of benzene rings is 2. The van der Waals surface area contributed by atoms with Crippen molar-refractivity contribution in [1.29, 1.82) is 0 Å². The van der Waals surface area contributed by atoms with Crippen molar-refractivity contribution >= 4 is 27.2 Å². The van der Waals surface area contributed by atoms with Crippen LogP contribution in [0, 0.1) is 5.82 Å². The quantitative estimate of drug-likeness (QED) is 0.715. The predicted molar refractivity (Wildman–Crippen MR) is 75.0 cm³/mol. The van der Waals surface area contributed by atoms with Crippen molar-refractivity contribution in [2.24, 2.45) is 0 Å². The molecule has 3 aromatic rings. The highest BCUT2D eigenvalue weighted by Crippen LogP contribution is 2.23. The van der Waals surface area contributed by atoms with Gasteiger partial charge in [0.15, 0.2) is 0 Å². The van der Waals surface area contributed by atoms with Crippen molar-refractivity contribution in [1.82, 2.24) is 4.98 Å². The van der Waals surface area contributed by atoms with Crippen LogP contribution in [0.5, 0.6) is 5.75 Å². The summed E-state index contributed by atoms with van der Waals surface area (Å²) in [6, 6.07) is 11.4. The van der Waals surface area contributed by atoms with Crippen LogP contribution in [-0.4, -0.2) is 10.1 Å². The molecule has 3 rings (SSSR count). The molecule has 19 heavy (non-hydrogen) atoms. The summed E-state index contributed by atoms with van der Waals surface area (Å²) in [6.07, 6.45) is 0. The summed E-state index contributed by atoms with van der Waals surface area (Å²) in [5.74, 6) is -0.00444. The van der Waals surface area contributed by atoms with Crippen LogP contribution in [0.2, 0.25) is 0 Å². The third-order valence-corrected chi connectivity index (χ3v) is 3.72. The Morgan fingerprint density at radius 1 is 1.16 bits per heavy atom. The summed E-state index contributed by atoms with van der Waals surface area (Å²) in [6.45, 7) is 0.575. The van der Waals surface area contributed by atoms with E-state index in [1.165, 1.54) is 23.5 Å². The Bertz CT molecular complexity index is 709. The van der Waals surface area contributed by atoms with Crippen molar-refractivity contribution < 1.29 is 9.50 Å². The van der Waals surface area contributed by atoms with Gasteiger partial charge in [-0.15, -0.1) is 11.3 Å². The number of halogens is 1. The Hall–Kier alpha value is -2.14. The first kappa shape index (κ1) is 11.9. The molecule has 1 aromatic heterocycles. The van der Waals surface area contributed by atoms with E-state index in [0.717, 1.165) is 20.9 Å². The SMILES string of the molecule is Oc1ccc(NCc2nc3ccc(F)cc3s2)cc1. The van der Waals surface area contributed by atoms with Crippen molar-refractivity contribution in [2.75, 3.05) is 5.32 Å². The van der Waals surface area contributed by atoms with Gasteiger partial charge in [0.1, 0.15) is 16.6 Å². The normalized spacial score (nSPS) is 10.8. The number of aromatic nitrogens is 1. The molecule has 0 aliphatic carbocycles. The van der Waals surface area contributed by atoms with Gasteiger partial charge in [0, 0.05) is 5.69 Å². The van der Waals surface area contributed by atoms with Gasteiger partial charge in [0.05, 0.1) is 16.8 Å². The van der Waals surface area contributed by atoms with E-state index in [2.05, 4.69) is 10.3 Å². The minimum absolute atomic E-state index is 0.237. The lowest BCUT2D eigenvalue weighted by Crippen LogP contribution is -1.98. The number of fused-ring (bicyclic) bond motifs is 1. The van der Waals surface area contributed by atoms with Gasteiger partial charge < -0.3 is 10.4 Å². The van der Waals surface area contributed by atoms with Gasteiger partial charge in [-0.2, -0.15) is 0 Å². The fraction of sp³-hybridized carbons (Fsp3) is 0.0714. The number of anilines is 1. The van der Waals surface area contributed by atoms with Crippen LogP contribution < -0.4 is 5.32 Å². The molecule has 0 fully saturated rings. The summed E-state index contributed by atoms with van der Waals surface area (Å²) in [5.41, 5.74) is 1.72. The van der Waals surface area contributed by atoms with E-state index in [9.17, 15) is 9.50 Å². The maximum absolute atomic E-state index is 13.1. The zero-order chi connectivity index (χ0) is 13.2. The van der Waals surface area contributed by atoms with Crippen molar-refractivity contribution in [3.63, 3.8) is 0 Å². The van der Waals surface area contributed by atoms with Crippen molar-refractivity contribution in [2.45, 2.75) is 6.54 Å². The average Bonchev–Trinajstić information content (AvgIpc) is 2.80. The Morgan fingerprint density at radius 2 is 1.95 bits per heavy atom. The smallest absolute Gasteiger partial charge is 0.124 e. The zero-order valence-electron chi connectivity index (χ0n) is 9.93. The van der Waals surface area contributed by atoms with Gasteiger partial charge in [-0.25, -0.2) is 9.37 Å². The highest BCUT2D eigenvalue weighted by Gasteiger charge is 2.04. The van der Waals surface area contributed by atoms with Crippen LogP contribution in [0.3, 0.4) is 0 Å². The highest BCUT2D eigenvalue weighted by atomic mass is 32.1. The molecular weight excluding hydrogens is 263 g/mol. The molecule has 1 heterocycles. The molecular formula is C14H11FN2OS. The van der Waals surface area contributed by atoms with E-state index >= 15 is 0 Å². The van der Waals surface area contributed by atoms with Crippen LogP contribution in [0.4, 0.5) is 10.1 Å². The lowest BCUT2D eigenvalue weighted by molar-refractivity contribution is 0.475. The molecule has 0 spiro atoms. The van der Waals surface area contributed by atoms with Crippen LogP contribution in [0.1, 0.15) is 5.01 Å². The summed E-state index contributed by atoms with van der Waals surface area (Å²) >= 11 is 1.47. The maximum atomic E-state index is 13.1. The fourth-order valence-corrected chi connectivity index (χ4v) is 2.71. The second-order valence-corrected chi connectivity index (χ2v) is 5.24. The number of nitrogens with zero attached hydrogens (tertiary/aromatic N) is 1. The second kappa shape index (κ2) is 4.85. The number of hydrogen-bond acceptors (Lipinski definition) is 4. The molecule has 0 radical (unpaired) electrons. The number of nitrogens with one attached hydrogen (secondary N) is 1. The van der Waals surface area contributed by atoms with Gasteiger partial charge in [-0.1, -0.05) is 0 Å². The topological polar surface area (TPSA) is 45.1 Å². The van der Waals surface area contributed by atoms with Gasteiger partial charge in [-0.05, 0) is 42.5 Å². The lowest BCUT2D eigenvalue weighted by atomic mass is 10.3. The molecule has 0 atom stereocenters. The Balaban J connectivity index is 1.76. The minimum Gasteiger partial charge on any atom is -0.508 e. The zero-order valence-corrected chi connectivity index (χ0v) is 10.7. The summed E-state index contributed by atoms with van der Waals surface area (Å²) in [7, 11) is 0. The van der Waals surface area contributed by atoms with Crippen LogP contribution in [0.15, 0.2) is 42.5 Å². The largest absolute Gasteiger partial charge is 0.508 e. The lowest BCUT2D eigenvalue weighted by Gasteiger charge is -2.03. The van der Waals surface area contributed by atoms with Gasteiger partial charge >= 0.3 is 0 Å². The standard InChI is InChI=1S/C14H11FN2OS/c15-9-1-6-12-13(7-9)19-14(17-12)8-16-10-2-4-11(18)5-3-10/h1-7,16,18H,8H2. The molecule has 0 bridgehead atoms. The van der Waals surface area contributed by atoms with Crippen LogP contribution in [-0.2, 0) is 6.54 Å². The molecule has 0 aliphatic rings. The molecule has 5 heteroatoms. The van der Waals surface area contributed by atoms with E-state index in [-0.39, 0.29) is 11.6 Å². The van der Waals surface area contributed by atoms with E-state index in [4.69, 9.17) is 0 Å². The van der Waals surface area contributed by atoms with Gasteiger partial charge in [0.25, 0.3) is 0 Å². The first-order valence-electron chi connectivity index (χ1n) is 5.78. The summed E-state index contributed by atoms with van der Waals surface area (Å²) in [4.78, 5) is 4.43. The van der Waals surface area contributed by atoms with E-state index in [0.29, 0.717) is 6.54 Å². The Kier molecular flexibility index (Phi) is 3.05. The third-order valence-electron chi connectivity index (χ3n) is 2.71. The number of thiazole rings is 1. The summed E-state index contributed by atoms with van der Waals surface area (Å²) in [5, 5.41) is 13.3. The van der Waals surface area contributed by atoms with Gasteiger partial charge in [0.2, 0.25) is 0 Å².